The summed E-state index contributed by atoms with van der Waals surface area (Å²) in [5, 5.41) is 3.47. The van der Waals surface area contributed by atoms with E-state index in [1.807, 2.05) is 6.08 Å². The van der Waals surface area contributed by atoms with Gasteiger partial charge in [-0.2, -0.15) is 0 Å². The summed E-state index contributed by atoms with van der Waals surface area (Å²) in [7, 11) is 0. The van der Waals surface area contributed by atoms with E-state index in [-0.39, 0.29) is 5.54 Å². The fourth-order valence-corrected chi connectivity index (χ4v) is 1.61. The molecule has 2 N–H and O–H groups in total. The number of nitrogens with one attached hydrogen (secondary N) is 1. The van der Waals surface area contributed by atoms with E-state index in [2.05, 4.69) is 25.7 Å². The van der Waals surface area contributed by atoms with Gasteiger partial charge in [-0.25, -0.2) is 0 Å². The summed E-state index contributed by atoms with van der Waals surface area (Å²) >= 11 is 0.909. The summed E-state index contributed by atoms with van der Waals surface area (Å²) in [4.78, 5) is 0. The molecule has 0 atom stereocenters. The van der Waals surface area contributed by atoms with Crippen LogP contribution in [-0.2, 0) is 0 Å². The molecule has 0 aliphatic rings. The van der Waals surface area contributed by atoms with Gasteiger partial charge in [0.1, 0.15) is 0 Å². The fraction of sp³-hybridized carbons (Fsp3) is 0.800. The molecule has 78 valence electrons. The lowest BCUT2D eigenvalue weighted by Crippen LogP contribution is -2.42. The Morgan fingerprint density at radius 1 is 1.46 bits per heavy atom. The van der Waals surface area contributed by atoms with Crippen molar-refractivity contribution in [2.24, 2.45) is 0 Å². The van der Waals surface area contributed by atoms with Gasteiger partial charge in [0.15, 0.2) is 0 Å². The van der Waals surface area contributed by atoms with Crippen LogP contribution in [0.15, 0.2) is 12.7 Å². The van der Waals surface area contributed by atoms with Gasteiger partial charge in [-0.1, -0.05) is 19.9 Å². The van der Waals surface area contributed by atoms with Gasteiger partial charge in [0, 0.05) is 11.3 Å². The Labute approximate surface area is 86.0 Å². The molecule has 0 fully saturated rings. The molecule has 0 saturated heterocycles. The van der Waals surface area contributed by atoms with Gasteiger partial charge in [-0.15, -0.1) is 6.58 Å². The van der Waals surface area contributed by atoms with E-state index >= 15 is 0 Å². The predicted molar refractivity (Wildman–Crippen MR) is 61.2 cm³/mol. The predicted octanol–water partition coefficient (Wildman–Crippen LogP) is 2.92. The highest BCUT2D eigenvalue weighted by Gasteiger charge is 2.19. The van der Waals surface area contributed by atoms with Crippen molar-refractivity contribution in [2.75, 3.05) is 12.3 Å². The molecule has 0 aromatic rings. The monoisotopic (exact) mass is 203 g/mol. The third-order valence-electron chi connectivity index (χ3n) is 2.54. The topological polar surface area (TPSA) is 32.3 Å². The van der Waals surface area contributed by atoms with Gasteiger partial charge < -0.3 is 9.87 Å². The highest BCUT2D eigenvalue weighted by Crippen LogP contribution is 2.15. The molecule has 0 spiro atoms. The number of hydrogen-bond donors (Lipinski definition) is 2. The number of hydrogen-bond acceptors (Lipinski definition) is 3. The third-order valence-corrected chi connectivity index (χ3v) is 3.01. The molecule has 0 bridgehead atoms. The summed E-state index contributed by atoms with van der Waals surface area (Å²) in [6, 6.07) is 0. The molecule has 3 heteroatoms. The molecular weight excluding hydrogens is 182 g/mol. The summed E-state index contributed by atoms with van der Waals surface area (Å²) in [5.41, 5.74) is 0.0973. The Morgan fingerprint density at radius 3 is 2.46 bits per heavy atom. The van der Waals surface area contributed by atoms with E-state index in [0.717, 1.165) is 43.6 Å². The first-order valence-electron chi connectivity index (χ1n) is 4.89. The van der Waals surface area contributed by atoms with Crippen LogP contribution in [-0.4, -0.2) is 22.4 Å². The molecule has 0 unspecified atom stereocenters. The van der Waals surface area contributed by atoms with Crippen molar-refractivity contribution in [2.45, 2.75) is 38.6 Å². The molecule has 2 nitrogen and oxygen atoms in total. The van der Waals surface area contributed by atoms with Gasteiger partial charge in [-0.3, -0.25) is 0 Å². The van der Waals surface area contributed by atoms with E-state index in [0.29, 0.717) is 0 Å². The van der Waals surface area contributed by atoms with E-state index < -0.39 is 0 Å². The lowest BCUT2D eigenvalue weighted by atomic mass is 9.93. The van der Waals surface area contributed by atoms with Crippen LogP contribution in [0.25, 0.3) is 0 Å². The van der Waals surface area contributed by atoms with Crippen molar-refractivity contribution in [3.63, 3.8) is 0 Å². The Hall–Kier alpha value is 0.01000. The first kappa shape index (κ1) is 13.0. The van der Waals surface area contributed by atoms with Crippen molar-refractivity contribution in [3.05, 3.63) is 12.7 Å². The highest BCUT2D eigenvalue weighted by atomic mass is 32.2. The zero-order chi connectivity index (χ0) is 10.2. The molecule has 0 aromatic carbocycles. The van der Waals surface area contributed by atoms with E-state index in [4.69, 9.17) is 4.55 Å². The Bertz CT molecular complexity index is 135. The summed E-state index contributed by atoms with van der Waals surface area (Å²) in [5.74, 6) is 0.799. The van der Waals surface area contributed by atoms with Crippen LogP contribution in [0.4, 0.5) is 0 Å². The molecule has 13 heavy (non-hydrogen) atoms. The van der Waals surface area contributed by atoms with E-state index in [1.165, 1.54) is 0 Å². The van der Waals surface area contributed by atoms with Crippen LogP contribution in [0.5, 0.6) is 0 Å². The second kappa shape index (κ2) is 7.42. The van der Waals surface area contributed by atoms with Gasteiger partial charge in [0.2, 0.25) is 0 Å². The lowest BCUT2D eigenvalue weighted by molar-refractivity contribution is 0.378. The molecule has 0 aliphatic carbocycles. The van der Waals surface area contributed by atoms with Crippen molar-refractivity contribution in [1.29, 1.82) is 0 Å². The zero-order valence-electron chi connectivity index (χ0n) is 8.68. The van der Waals surface area contributed by atoms with Crippen LogP contribution < -0.4 is 5.32 Å². The molecule has 0 amide bonds. The summed E-state index contributed by atoms with van der Waals surface area (Å²) in [6.45, 7) is 9.13. The van der Waals surface area contributed by atoms with E-state index in [9.17, 15) is 0 Å². The minimum Gasteiger partial charge on any atom is -0.330 e. The smallest absolute Gasteiger partial charge is 0.0356 e. The Kier molecular flexibility index (Phi) is 7.42. The van der Waals surface area contributed by atoms with Crippen molar-refractivity contribution in [1.82, 2.24) is 5.32 Å². The van der Waals surface area contributed by atoms with Gasteiger partial charge in [0.25, 0.3) is 0 Å². The minimum absolute atomic E-state index is 0.0973. The minimum atomic E-state index is 0.0973. The van der Waals surface area contributed by atoms with Crippen molar-refractivity contribution >= 4 is 12.0 Å². The number of rotatable bonds is 8. The summed E-state index contributed by atoms with van der Waals surface area (Å²) < 4.78 is 8.54. The normalized spacial score (nSPS) is 11.6. The highest BCUT2D eigenvalue weighted by molar-refractivity contribution is 7.93. The maximum absolute atomic E-state index is 8.54. The molecule has 0 radical (unpaired) electrons. The molecule has 0 heterocycles. The fourth-order valence-electron chi connectivity index (χ4n) is 1.33. The van der Waals surface area contributed by atoms with Crippen LogP contribution in [0.1, 0.15) is 33.1 Å². The molecule has 0 aromatic heterocycles. The van der Waals surface area contributed by atoms with E-state index in [1.54, 1.807) is 0 Å². The standard InChI is InChI=1S/C10H21NOS/c1-4-10(5-2,6-3)11-8-7-9-13-12/h4,11-12H,1,5-9H2,2-3H3. The maximum atomic E-state index is 8.54. The average Bonchev–Trinajstić information content (AvgIpc) is 2.20. The zero-order valence-corrected chi connectivity index (χ0v) is 9.49. The third kappa shape index (κ3) is 4.69. The van der Waals surface area contributed by atoms with Crippen molar-refractivity contribution in [3.8, 4) is 0 Å². The molecule has 0 aliphatic heterocycles. The lowest BCUT2D eigenvalue weighted by Gasteiger charge is -2.29. The van der Waals surface area contributed by atoms with Crippen molar-refractivity contribution < 1.29 is 4.55 Å². The second-order valence-corrected chi connectivity index (χ2v) is 3.85. The SMILES string of the molecule is C=CC(CC)(CC)NCCCSO. The largest absolute Gasteiger partial charge is 0.330 e. The second-order valence-electron chi connectivity index (χ2n) is 3.18. The average molecular weight is 203 g/mol. The first-order chi connectivity index (χ1) is 6.24. The van der Waals surface area contributed by atoms with Crippen LogP contribution in [0.3, 0.4) is 0 Å². The Balaban J connectivity index is 3.75. The van der Waals surface area contributed by atoms with Crippen LogP contribution in [0, 0.1) is 0 Å². The van der Waals surface area contributed by atoms with Gasteiger partial charge >= 0.3 is 0 Å². The first-order valence-corrected chi connectivity index (χ1v) is 5.84. The Morgan fingerprint density at radius 2 is 2.08 bits per heavy atom. The van der Waals surface area contributed by atoms with Gasteiger partial charge in [0.05, 0.1) is 0 Å². The molecule has 0 saturated carbocycles. The van der Waals surface area contributed by atoms with Crippen LogP contribution >= 0.6 is 12.0 Å². The van der Waals surface area contributed by atoms with Crippen LogP contribution in [0.2, 0.25) is 0 Å². The quantitative estimate of drug-likeness (QED) is 0.361. The van der Waals surface area contributed by atoms with Gasteiger partial charge in [-0.05, 0) is 37.8 Å². The maximum Gasteiger partial charge on any atom is 0.0356 e. The molecular formula is C10H21NOS. The molecule has 0 rings (SSSR count). The summed E-state index contributed by atoms with van der Waals surface area (Å²) in [6.07, 6.45) is 5.13.